The molecule has 2 heterocycles. The summed E-state index contributed by atoms with van der Waals surface area (Å²) in [5, 5.41) is 12.9. The van der Waals surface area contributed by atoms with Gasteiger partial charge in [-0.2, -0.15) is 0 Å². The molecule has 0 N–H and O–H groups in total. The molecule has 4 rings (SSSR count). The van der Waals surface area contributed by atoms with Gasteiger partial charge in [-0.05, 0) is 24.3 Å². The van der Waals surface area contributed by atoms with E-state index in [1.54, 1.807) is 18.3 Å². The summed E-state index contributed by atoms with van der Waals surface area (Å²) in [5.41, 5.74) is 1.74. The number of rotatable bonds is 3. The molecule has 0 saturated heterocycles. The molecule has 4 aromatic rings. The second kappa shape index (κ2) is 5.90. The van der Waals surface area contributed by atoms with Crippen LogP contribution in [-0.4, -0.2) is 14.9 Å². The van der Waals surface area contributed by atoms with E-state index in [4.69, 9.17) is 0 Å². The number of hydrogen-bond acceptors (Lipinski definition) is 5. The van der Waals surface area contributed by atoms with Crippen LogP contribution < -0.4 is 0 Å². The summed E-state index contributed by atoms with van der Waals surface area (Å²) in [6, 6.07) is 16.6. The molecule has 0 spiro atoms. The minimum absolute atomic E-state index is 0.0639. The number of fused-ring (bicyclic) bond motifs is 2. The average Bonchev–Trinajstić information content (AvgIpc) is 2.61. The predicted octanol–water partition coefficient (Wildman–Crippen LogP) is 4.84. The first-order valence-corrected chi connectivity index (χ1v) is 8.08. The number of non-ortho nitro benzene ring substituents is 1. The van der Waals surface area contributed by atoms with E-state index in [-0.39, 0.29) is 5.69 Å². The summed E-state index contributed by atoms with van der Waals surface area (Å²) < 4.78 is 0. The van der Waals surface area contributed by atoms with E-state index < -0.39 is 4.92 Å². The second-order valence-electron chi connectivity index (χ2n) is 5.23. The minimum atomic E-state index is -0.390. The van der Waals surface area contributed by atoms with Crippen LogP contribution in [0.1, 0.15) is 0 Å². The lowest BCUT2D eigenvalue weighted by atomic mass is 10.2. The second-order valence-corrected chi connectivity index (χ2v) is 6.35. The van der Waals surface area contributed by atoms with Crippen molar-refractivity contribution in [3.8, 4) is 0 Å². The van der Waals surface area contributed by atoms with E-state index in [9.17, 15) is 10.1 Å². The third-order valence-electron chi connectivity index (χ3n) is 3.69. The van der Waals surface area contributed by atoms with Gasteiger partial charge in [0.25, 0.3) is 5.69 Å². The SMILES string of the molecule is O=[N+]([O-])c1ccc2nccc(Sc3cnc4ccccc4c3)c2c1. The fourth-order valence-corrected chi connectivity index (χ4v) is 3.49. The maximum atomic E-state index is 11.0. The molecule has 2 aromatic heterocycles. The van der Waals surface area contributed by atoms with Gasteiger partial charge in [-0.25, -0.2) is 0 Å². The zero-order valence-corrected chi connectivity index (χ0v) is 13.2. The molecular formula is C18H11N3O2S. The van der Waals surface area contributed by atoms with E-state index in [1.807, 2.05) is 36.5 Å². The van der Waals surface area contributed by atoms with Crippen LogP contribution in [-0.2, 0) is 0 Å². The molecule has 5 nitrogen and oxygen atoms in total. The van der Waals surface area contributed by atoms with Gasteiger partial charge in [0.2, 0.25) is 0 Å². The summed E-state index contributed by atoms with van der Waals surface area (Å²) in [5.74, 6) is 0. The normalized spacial score (nSPS) is 11.0. The van der Waals surface area contributed by atoms with Gasteiger partial charge in [0.1, 0.15) is 0 Å². The van der Waals surface area contributed by atoms with Crippen LogP contribution in [0, 0.1) is 10.1 Å². The van der Waals surface area contributed by atoms with E-state index in [2.05, 4.69) is 16.0 Å². The molecule has 2 aromatic carbocycles. The fraction of sp³-hybridized carbons (Fsp3) is 0. The Hall–Kier alpha value is -2.99. The number of benzene rings is 2. The summed E-state index contributed by atoms with van der Waals surface area (Å²) >= 11 is 1.53. The Bertz CT molecular complexity index is 1080. The van der Waals surface area contributed by atoms with Crippen LogP contribution in [0.5, 0.6) is 0 Å². The molecule has 6 heteroatoms. The summed E-state index contributed by atoms with van der Waals surface area (Å²) in [6.07, 6.45) is 3.53. The molecule has 0 saturated carbocycles. The Morgan fingerprint density at radius 3 is 2.71 bits per heavy atom. The van der Waals surface area contributed by atoms with Crippen LogP contribution >= 0.6 is 11.8 Å². The van der Waals surface area contributed by atoms with Crippen LogP contribution in [0.2, 0.25) is 0 Å². The molecule has 0 amide bonds. The highest BCUT2D eigenvalue weighted by Gasteiger charge is 2.11. The summed E-state index contributed by atoms with van der Waals surface area (Å²) in [7, 11) is 0. The van der Waals surface area contributed by atoms with Gasteiger partial charge in [0.15, 0.2) is 0 Å². The molecule has 24 heavy (non-hydrogen) atoms. The first-order chi connectivity index (χ1) is 11.7. The zero-order chi connectivity index (χ0) is 16.5. The highest BCUT2D eigenvalue weighted by Crippen LogP contribution is 2.34. The zero-order valence-electron chi connectivity index (χ0n) is 12.4. The quantitative estimate of drug-likeness (QED) is 0.396. The Balaban J connectivity index is 1.80. The average molecular weight is 333 g/mol. The highest BCUT2D eigenvalue weighted by molar-refractivity contribution is 7.99. The number of para-hydroxylation sites is 1. The van der Waals surface area contributed by atoms with Crippen molar-refractivity contribution >= 4 is 39.3 Å². The third-order valence-corrected chi connectivity index (χ3v) is 4.72. The van der Waals surface area contributed by atoms with Crippen molar-refractivity contribution in [3.63, 3.8) is 0 Å². The molecule has 0 radical (unpaired) electrons. The number of pyridine rings is 2. The molecule has 0 aliphatic carbocycles. The number of nitro groups is 1. The number of nitro benzene ring substituents is 1. The van der Waals surface area contributed by atoms with Crippen LogP contribution in [0.25, 0.3) is 21.8 Å². The molecule has 0 bridgehead atoms. The van der Waals surface area contributed by atoms with Crippen LogP contribution in [0.4, 0.5) is 5.69 Å². The maximum Gasteiger partial charge on any atom is 0.270 e. The standard InChI is InChI=1S/C18H11N3O2S/c22-21(23)13-5-6-17-15(10-13)18(7-8-19-17)24-14-9-12-3-1-2-4-16(12)20-11-14/h1-11H. The molecule has 0 aliphatic heterocycles. The number of hydrogen-bond donors (Lipinski definition) is 0. The van der Waals surface area contributed by atoms with Crippen LogP contribution in [0.3, 0.4) is 0 Å². The minimum Gasteiger partial charge on any atom is -0.258 e. The number of aromatic nitrogens is 2. The molecular weight excluding hydrogens is 322 g/mol. The molecule has 116 valence electrons. The largest absolute Gasteiger partial charge is 0.270 e. The van der Waals surface area contributed by atoms with Crippen molar-refractivity contribution in [2.45, 2.75) is 9.79 Å². The Labute approximate surface area is 141 Å². The topological polar surface area (TPSA) is 68.9 Å². The van der Waals surface area contributed by atoms with Gasteiger partial charge in [-0.1, -0.05) is 30.0 Å². The lowest BCUT2D eigenvalue weighted by Gasteiger charge is -2.06. The summed E-state index contributed by atoms with van der Waals surface area (Å²) in [4.78, 5) is 21.3. The van der Waals surface area contributed by atoms with E-state index >= 15 is 0 Å². The highest BCUT2D eigenvalue weighted by atomic mass is 32.2. The van der Waals surface area contributed by atoms with Gasteiger partial charge in [0.05, 0.1) is 16.0 Å². The smallest absolute Gasteiger partial charge is 0.258 e. The van der Waals surface area contributed by atoms with Crippen molar-refractivity contribution in [2.75, 3.05) is 0 Å². The Morgan fingerprint density at radius 1 is 0.958 bits per heavy atom. The van der Waals surface area contributed by atoms with Crippen molar-refractivity contribution in [1.29, 1.82) is 0 Å². The van der Waals surface area contributed by atoms with E-state index in [0.717, 1.165) is 31.6 Å². The first-order valence-electron chi connectivity index (χ1n) is 7.26. The number of nitrogens with zero attached hydrogens (tertiary/aromatic N) is 3. The van der Waals surface area contributed by atoms with E-state index in [0.29, 0.717) is 0 Å². The lowest BCUT2D eigenvalue weighted by Crippen LogP contribution is -1.89. The van der Waals surface area contributed by atoms with Gasteiger partial charge >= 0.3 is 0 Å². The van der Waals surface area contributed by atoms with Crippen molar-refractivity contribution in [2.24, 2.45) is 0 Å². The third kappa shape index (κ3) is 2.68. The van der Waals surface area contributed by atoms with Gasteiger partial charge < -0.3 is 0 Å². The lowest BCUT2D eigenvalue weighted by molar-refractivity contribution is -0.384. The van der Waals surface area contributed by atoms with Crippen molar-refractivity contribution in [3.05, 3.63) is 77.1 Å². The predicted molar refractivity (Wildman–Crippen MR) is 94.3 cm³/mol. The van der Waals surface area contributed by atoms with Gasteiger partial charge in [-0.15, -0.1) is 0 Å². The monoisotopic (exact) mass is 333 g/mol. The fourth-order valence-electron chi connectivity index (χ4n) is 2.55. The van der Waals surface area contributed by atoms with Gasteiger partial charge in [0, 0.05) is 45.1 Å². The van der Waals surface area contributed by atoms with Gasteiger partial charge in [-0.3, -0.25) is 20.1 Å². The molecule has 0 atom stereocenters. The first kappa shape index (κ1) is 14.6. The molecule has 0 unspecified atom stereocenters. The maximum absolute atomic E-state index is 11.0. The Kier molecular flexibility index (Phi) is 3.59. The summed E-state index contributed by atoms with van der Waals surface area (Å²) in [6.45, 7) is 0. The van der Waals surface area contributed by atoms with E-state index in [1.165, 1.54) is 17.8 Å². The van der Waals surface area contributed by atoms with Crippen LogP contribution in [0.15, 0.2) is 76.8 Å². The molecule has 0 fully saturated rings. The molecule has 0 aliphatic rings. The Morgan fingerprint density at radius 2 is 1.83 bits per heavy atom. The van der Waals surface area contributed by atoms with Crippen molar-refractivity contribution in [1.82, 2.24) is 9.97 Å². The van der Waals surface area contributed by atoms with Crippen molar-refractivity contribution < 1.29 is 4.92 Å².